The fourth-order valence-corrected chi connectivity index (χ4v) is 2.44. The van der Waals surface area contributed by atoms with Crippen LogP contribution < -0.4 is 4.74 Å². The molecule has 104 valence electrons. The number of ether oxygens (including phenoxy) is 1. The van der Waals surface area contributed by atoms with Crippen LogP contribution in [0.4, 0.5) is 4.79 Å². The maximum absolute atomic E-state index is 10.8. The summed E-state index contributed by atoms with van der Waals surface area (Å²) in [6, 6.07) is 14.7. The quantitative estimate of drug-likeness (QED) is 0.702. The Kier molecular flexibility index (Phi) is 3.46. The second-order valence-corrected chi connectivity index (χ2v) is 4.77. The molecule has 1 heterocycles. The molecule has 0 aliphatic rings. The molecule has 0 aliphatic heterocycles. The molecular weight excluding hydrogens is 290 g/mol. The van der Waals surface area contributed by atoms with Gasteiger partial charge in [0, 0.05) is 21.4 Å². The van der Waals surface area contributed by atoms with Crippen LogP contribution in [-0.4, -0.2) is 16.2 Å². The summed E-state index contributed by atoms with van der Waals surface area (Å²) in [5, 5.41) is 10.8. The lowest BCUT2D eigenvalue weighted by Gasteiger charge is -2.10. The smallest absolute Gasteiger partial charge is 0.449 e. The first-order chi connectivity index (χ1) is 10.2. The molecule has 3 aromatic rings. The first-order valence-corrected chi connectivity index (χ1v) is 6.58. The molecule has 0 unspecified atom stereocenters. The predicted molar refractivity (Wildman–Crippen MR) is 80.8 cm³/mol. The van der Waals surface area contributed by atoms with E-state index >= 15 is 0 Å². The van der Waals surface area contributed by atoms with E-state index in [4.69, 9.17) is 21.4 Å². The second kappa shape index (κ2) is 5.42. The number of rotatable bonds is 2. The standard InChI is InChI=1S/C16H10ClNO3/c17-13-8-4-3-7-12(13)15-11-6-2-1-5-10(11)14(9-18-15)21-16(19)20/h1-9H,(H,19,20). The molecule has 3 rings (SSSR count). The summed E-state index contributed by atoms with van der Waals surface area (Å²) >= 11 is 6.22. The van der Waals surface area contributed by atoms with Crippen molar-refractivity contribution >= 4 is 28.5 Å². The summed E-state index contributed by atoms with van der Waals surface area (Å²) in [6.45, 7) is 0. The molecule has 0 atom stereocenters. The number of hydrogen-bond acceptors (Lipinski definition) is 3. The Morgan fingerprint density at radius 2 is 1.71 bits per heavy atom. The molecular formula is C16H10ClNO3. The Hall–Kier alpha value is -2.59. The fourth-order valence-electron chi connectivity index (χ4n) is 2.21. The first-order valence-electron chi connectivity index (χ1n) is 6.20. The van der Waals surface area contributed by atoms with E-state index in [1.807, 2.05) is 36.4 Å². The van der Waals surface area contributed by atoms with Gasteiger partial charge in [0.2, 0.25) is 0 Å². The van der Waals surface area contributed by atoms with Crippen LogP contribution in [0.2, 0.25) is 5.02 Å². The highest BCUT2D eigenvalue weighted by Crippen LogP contribution is 2.35. The molecule has 0 saturated heterocycles. The summed E-state index contributed by atoms with van der Waals surface area (Å²) in [5.74, 6) is 0.203. The van der Waals surface area contributed by atoms with Gasteiger partial charge in [0.15, 0.2) is 5.75 Å². The molecule has 0 aliphatic carbocycles. The lowest BCUT2D eigenvalue weighted by atomic mass is 10.0. The summed E-state index contributed by atoms with van der Waals surface area (Å²) in [6.07, 6.45) is 0.0298. The van der Waals surface area contributed by atoms with E-state index < -0.39 is 6.16 Å². The van der Waals surface area contributed by atoms with Crippen molar-refractivity contribution in [1.29, 1.82) is 0 Å². The highest BCUT2D eigenvalue weighted by atomic mass is 35.5. The Morgan fingerprint density at radius 1 is 1.05 bits per heavy atom. The molecule has 0 fully saturated rings. The average Bonchev–Trinajstić information content (AvgIpc) is 2.48. The van der Waals surface area contributed by atoms with Gasteiger partial charge in [-0.15, -0.1) is 0 Å². The zero-order valence-corrected chi connectivity index (χ0v) is 11.5. The van der Waals surface area contributed by atoms with Crippen LogP contribution in [0.25, 0.3) is 22.0 Å². The normalized spacial score (nSPS) is 10.5. The molecule has 2 aromatic carbocycles. The maximum Gasteiger partial charge on any atom is 0.511 e. The van der Waals surface area contributed by atoms with E-state index in [1.54, 1.807) is 12.1 Å². The van der Waals surface area contributed by atoms with Crippen LogP contribution in [0.3, 0.4) is 0 Å². The minimum absolute atomic E-state index is 0.203. The van der Waals surface area contributed by atoms with E-state index in [0.29, 0.717) is 16.1 Å². The third-order valence-corrected chi connectivity index (χ3v) is 3.41. The van der Waals surface area contributed by atoms with E-state index in [1.165, 1.54) is 6.20 Å². The predicted octanol–water partition coefficient (Wildman–Crippen LogP) is 4.61. The highest BCUT2D eigenvalue weighted by Gasteiger charge is 2.13. The van der Waals surface area contributed by atoms with E-state index in [9.17, 15) is 4.79 Å². The number of benzene rings is 2. The molecule has 1 N–H and O–H groups in total. The van der Waals surface area contributed by atoms with Gasteiger partial charge >= 0.3 is 6.16 Å². The van der Waals surface area contributed by atoms with E-state index in [-0.39, 0.29) is 5.75 Å². The Balaban J connectivity index is 2.27. The monoisotopic (exact) mass is 299 g/mol. The zero-order valence-electron chi connectivity index (χ0n) is 10.8. The Morgan fingerprint density at radius 3 is 2.43 bits per heavy atom. The van der Waals surface area contributed by atoms with Crippen LogP contribution in [0.5, 0.6) is 5.75 Å². The van der Waals surface area contributed by atoms with Gasteiger partial charge in [0.1, 0.15) is 0 Å². The molecule has 0 amide bonds. The molecule has 0 bridgehead atoms. The average molecular weight is 300 g/mol. The summed E-state index contributed by atoms with van der Waals surface area (Å²) in [5.41, 5.74) is 1.48. The Bertz CT molecular complexity index is 833. The number of aromatic nitrogens is 1. The van der Waals surface area contributed by atoms with Gasteiger partial charge in [0.05, 0.1) is 11.9 Å². The molecule has 0 spiro atoms. The number of nitrogens with zero attached hydrogens (tertiary/aromatic N) is 1. The first kappa shape index (κ1) is 13.4. The number of halogens is 1. The van der Waals surface area contributed by atoms with Crippen LogP contribution in [0, 0.1) is 0 Å². The van der Waals surface area contributed by atoms with Gasteiger partial charge in [-0.1, -0.05) is 54.1 Å². The highest BCUT2D eigenvalue weighted by molar-refractivity contribution is 6.33. The number of carboxylic acid groups (broad SMARTS) is 1. The van der Waals surface area contributed by atoms with Crippen molar-refractivity contribution in [1.82, 2.24) is 4.98 Å². The van der Waals surface area contributed by atoms with Crippen molar-refractivity contribution in [3.8, 4) is 17.0 Å². The molecule has 1 aromatic heterocycles. The maximum atomic E-state index is 10.8. The van der Waals surface area contributed by atoms with Crippen molar-refractivity contribution in [2.45, 2.75) is 0 Å². The number of hydrogen-bond donors (Lipinski definition) is 1. The van der Waals surface area contributed by atoms with Crippen molar-refractivity contribution in [2.24, 2.45) is 0 Å². The third kappa shape index (κ3) is 2.53. The summed E-state index contributed by atoms with van der Waals surface area (Å²) < 4.78 is 4.77. The lowest BCUT2D eigenvalue weighted by molar-refractivity contribution is 0.145. The van der Waals surface area contributed by atoms with Gasteiger partial charge in [-0.05, 0) is 6.07 Å². The van der Waals surface area contributed by atoms with Crippen molar-refractivity contribution in [3.63, 3.8) is 0 Å². The minimum Gasteiger partial charge on any atom is -0.449 e. The number of pyridine rings is 1. The van der Waals surface area contributed by atoms with E-state index in [2.05, 4.69) is 4.98 Å². The van der Waals surface area contributed by atoms with Crippen LogP contribution in [0.1, 0.15) is 0 Å². The number of fused-ring (bicyclic) bond motifs is 1. The van der Waals surface area contributed by atoms with Crippen molar-refractivity contribution in [2.75, 3.05) is 0 Å². The fraction of sp³-hybridized carbons (Fsp3) is 0. The Labute approximate surface area is 125 Å². The molecule has 4 nitrogen and oxygen atoms in total. The van der Waals surface area contributed by atoms with Gasteiger partial charge in [-0.2, -0.15) is 0 Å². The molecule has 0 saturated carbocycles. The van der Waals surface area contributed by atoms with Gasteiger partial charge in [-0.25, -0.2) is 4.79 Å². The largest absolute Gasteiger partial charge is 0.511 e. The van der Waals surface area contributed by atoms with E-state index in [0.717, 1.165) is 10.9 Å². The minimum atomic E-state index is -1.37. The molecule has 0 radical (unpaired) electrons. The van der Waals surface area contributed by atoms with Gasteiger partial charge in [0.25, 0.3) is 0 Å². The lowest BCUT2D eigenvalue weighted by Crippen LogP contribution is -2.04. The summed E-state index contributed by atoms with van der Waals surface area (Å²) in [4.78, 5) is 15.1. The van der Waals surface area contributed by atoms with Gasteiger partial charge < -0.3 is 9.84 Å². The second-order valence-electron chi connectivity index (χ2n) is 4.36. The molecule has 5 heteroatoms. The molecule has 21 heavy (non-hydrogen) atoms. The SMILES string of the molecule is O=C(O)Oc1cnc(-c2ccccc2Cl)c2ccccc12. The van der Waals surface area contributed by atoms with Gasteiger partial charge in [-0.3, -0.25) is 4.98 Å². The van der Waals surface area contributed by atoms with Crippen molar-refractivity contribution in [3.05, 3.63) is 59.8 Å². The number of carbonyl (C=O) groups is 1. The van der Waals surface area contributed by atoms with Crippen LogP contribution in [-0.2, 0) is 0 Å². The van der Waals surface area contributed by atoms with Crippen molar-refractivity contribution < 1.29 is 14.6 Å². The topological polar surface area (TPSA) is 59.4 Å². The zero-order chi connectivity index (χ0) is 14.8. The van der Waals surface area contributed by atoms with Crippen LogP contribution >= 0.6 is 11.6 Å². The van der Waals surface area contributed by atoms with Crippen LogP contribution in [0.15, 0.2) is 54.7 Å². The third-order valence-electron chi connectivity index (χ3n) is 3.08. The summed E-state index contributed by atoms with van der Waals surface area (Å²) in [7, 11) is 0.